The molecule has 0 aliphatic heterocycles. The van der Waals surface area contributed by atoms with Gasteiger partial charge in [0.25, 0.3) is 0 Å². The first-order valence-corrected chi connectivity index (χ1v) is 16.9. The number of nitrogens with zero attached hydrogens (tertiary/aromatic N) is 2. The van der Waals surface area contributed by atoms with Crippen LogP contribution in [0.25, 0.3) is 0 Å². The van der Waals surface area contributed by atoms with Crippen LogP contribution in [0.1, 0.15) is 89.0 Å². The van der Waals surface area contributed by atoms with E-state index in [2.05, 4.69) is 38.2 Å². The predicted octanol–water partition coefficient (Wildman–Crippen LogP) is 6.94. The van der Waals surface area contributed by atoms with Gasteiger partial charge in [-0.25, -0.2) is 19.2 Å². The summed E-state index contributed by atoms with van der Waals surface area (Å²) in [5.41, 5.74) is -2.28. The summed E-state index contributed by atoms with van der Waals surface area (Å²) in [6.07, 6.45) is 4.95. The van der Waals surface area contributed by atoms with E-state index in [4.69, 9.17) is 14.2 Å². The number of ketones is 2. The number of anilines is 1. The van der Waals surface area contributed by atoms with Gasteiger partial charge >= 0.3 is 24.5 Å². The molecule has 2 fully saturated rings. The lowest BCUT2D eigenvalue weighted by molar-refractivity contribution is -0.120. The monoisotopic (exact) mass is 748 g/mol. The molecule has 0 radical (unpaired) electrons. The molecule has 1 aromatic heterocycles. The molecule has 2 N–H and O–H groups in total. The Kier molecular flexibility index (Phi) is 17.9. The fourth-order valence-electron chi connectivity index (χ4n) is 4.39. The molecule has 3 rings (SSSR count). The Labute approximate surface area is 314 Å². The van der Waals surface area contributed by atoms with E-state index in [1.165, 1.54) is 26.6 Å². The van der Waals surface area contributed by atoms with Crippen LogP contribution in [0, 0.1) is 11.8 Å². The molecule has 2 saturated carbocycles. The van der Waals surface area contributed by atoms with Crippen molar-refractivity contribution >= 4 is 41.8 Å². The molecule has 1 heterocycles. The molecule has 2 aliphatic rings. The SMILES string of the molecule is C=C[C@H]1C[C@@]1(NC(=O)OC(C)(C)C)C(C)=O.C=C[C@H]1C[C@@]1(NC(=O)OC)C(C)=O.CC(C)(C)OC(=O)OC(=O)OC(C)(C)C.CN(C)c1ccncc1. The minimum absolute atomic E-state index is 0.0255. The zero-order valence-electron chi connectivity index (χ0n) is 33.8. The quantitative estimate of drug-likeness (QED) is 0.126. The van der Waals surface area contributed by atoms with Gasteiger partial charge in [-0.2, -0.15) is 0 Å². The Morgan fingerprint density at radius 1 is 0.717 bits per heavy atom. The molecule has 4 atom stereocenters. The first kappa shape index (κ1) is 48.0. The lowest BCUT2D eigenvalue weighted by Crippen LogP contribution is -2.46. The number of alkyl carbamates (subject to hydrolysis) is 2. The highest BCUT2D eigenvalue weighted by Crippen LogP contribution is 2.45. The molecule has 0 bridgehead atoms. The lowest BCUT2D eigenvalue weighted by Gasteiger charge is -2.22. The Morgan fingerprint density at radius 3 is 1.32 bits per heavy atom. The van der Waals surface area contributed by atoms with Gasteiger partial charge < -0.3 is 39.2 Å². The van der Waals surface area contributed by atoms with E-state index in [0.29, 0.717) is 12.8 Å². The second-order valence-electron chi connectivity index (χ2n) is 15.5. The van der Waals surface area contributed by atoms with Gasteiger partial charge in [-0.3, -0.25) is 14.6 Å². The minimum Gasteiger partial charge on any atom is -0.453 e. The van der Waals surface area contributed by atoms with Gasteiger partial charge in [-0.05, 0) is 101 Å². The number of carbonyl (C=O) groups excluding carboxylic acids is 6. The summed E-state index contributed by atoms with van der Waals surface area (Å²) in [5, 5.41) is 5.18. The van der Waals surface area contributed by atoms with E-state index < -0.39 is 52.4 Å². The molecule has 15 nitrogen and oxygen atoms in total. The Bertz CT molecular complexity index is 1420. The molecule has 2 amide bonds. The number of aromatic nitrogens is 1. The zero-order chi connectivity index (χ0) is 41.6. The van der Waals surface area contributed by atoms with Crippen LogP contribution in [-0.2, 0) is 33.3 Å². The van der Waals surface area contributed by atoms with Gasteiger partial charge in [0.2, 0.25) is 0 Å². The fourth-order valence-corrected chi connectivity index (χ4v) is 4.39. The van der Waals surface area contributed by atoms with E-state index in [1.54, 1.807) is 86.9 Å². The van der Waals surface area contributed by atoms with Crippen molar-refractivity contribution in [3.8, 4) is 0 Å². The fraction of sp³-hybridized carbons (Fsp3) is 0.605. The number of hydrogen-bond donors (Lipinski definition) is 2. The molecular formula is C38H60N4O11. The number of carbonyl (C=O) groups is 6. The first-order valence-electron chi connectivity index (χ1n) is 16.9. The molecule has 0 saturated heterocycles. The number of rotatable bonds is 7. The van der Waals surface area contributed by atoms with Crippen LogP contribution >= 0.6 is 0 Å². The molecule has 298 valence electrons. The topological polar surface area (TPSA) is 189 Å². The Balaban J connectivity index is 0.000000692. The third-order valence-corrected chi connectivity index (χ3v) is 7.21. The predicted molar refractivity (Wildman–Crippen MR) is 200 cm³/mol. The van der Waals surface area contributed by atoms with Crippen molar-refractivity contribution in [2.45, 2.75) is 117 Å². The van der Waals surface area contributed by atoms with Crippen molar-refractivity contribution in [3.05, 3.63) is 49.8 Å². The van der Waals surface area contributed by atoms with Crippen LogP contribution in [0.2, 0.25) is 0 Å². The molecule has 15 heteroatoms. The van der Waals surface area contributed by atoms with Gasteiger partial charge in [0.05, 0.1) is 7.11 Å². The van der Waals surface area contributed by atoms with E-state index in [9.17, 15) is 28.8 Å². The van der Waals surface area contributed by atoms with Crippen LogP contribution in [0.4, 0.5) is 24.9 Å². The van der Waals surface area contributed by atoms with Gasteiger partial charge in [-0.15, -0.1) is 13.2 Å². The highest BCUT2D eigenvalue weighted by Gasteiger charge is 2.58. The summed E-state index contributed by atoms with van der Waals surface area (Å²) in [7, 11) is 5.29. The largest absolute Gasteiger partial charge is 0.519 e. The summed E-state index contributed by atoms with van der Waals surface area (Å²) in [5.74, 6) is -0.0346. The van der Waals surface area contributed by atoms with Gasteiger partial charge in [-0.1, -0.05) is 12.2 Å². The standard InChI is InChI=1S/C12H19NO3.C10H18O5.C9H13NO3.C7H10N2/c1-6-9-7-12(9,8(2)14)13-10(15)16-11(3,4)5;1-9(2,3)14-7(11)13-8(12)15-10(4,5)6;1-4-7-5-9(7,6(2)11)10-8(12)13-3;1-9(2)7-3-5-8-6-4-7/h6,9H,1,7H2,2-5H3,(H,13,15);1-6H3;4,7H,1,5H2,2-3H3,(H,10,12);3-6H,1-2H3/t9-,12+;;7-,9+;/m0.0./s1. The normalized spacial score (nSPS) is 20.9. The average molecular weight is 749 g/mol. The summed E-state index contributed by atoms with van der Waals surface area (Å²) < 4.78 is 23.4. The minimum atomic E-state index is -1.06. The summed E-state index contributed by atoms with van der Waals surface area (Å²) >= 11 is 0. The van der Waals surface area contributed by atoms with Crippen LogP contribution in [-0.4, -0.2) is 90.1 Å². The highest BCUT2D eigenvalue weighted by molar-refractivity contribution is 5.94. The molecule has 2 aliphatic carbocycles. The average Bonchev–Trinajstić information content (AvgIpc) is 3.90. The molecule has 0 spiro atoms. The van der Waals surface area contributed by atoms with E-state index >= 15 is 0 Å². The molecule has 0 aromatic carbocycles. The van der Waals surface area contributed by atoms with Crippen LogP contribution < -0.4 is 15.5 Å². The summed E-state index contributed by atoms with van der Waals surface area (Å²) in [6, 6.07) is 3.94. The van der Waals surface area contributed by atoms with Crippen molar-refractivity contribution in [1.82, 2.24) is 15.6 Å². The van der Waals surface area contributed by atoms with Crippen molar-refractivity contribution in [2.24, 2.45) is 11.8 Å². The van der Waals surface area contributed by atoms with Gasteiger partial charge in [0.15, 0.2) is 11.6 Å². The molecular weight excluding hydrogens is 688 g/mol. The van der Waals surface area contributed by atoms with Gasteiger partial charge in [0.1, 0.15) is 27.9 Å². The Morgan fingerprint density at radius 2 is 1.08 bits per heavy atom. The number of methoxy groups -OCH3 is 1. The number of amides is 2. The smallest absolute Gasteiger partial charge is 0.453 e. The van der Waals surface area contributed by atoms with Crippen molar-refractivity contribution in [2.75, 3.05) is 26.1 Å². The number of nitrogens with one attached hydrogen (secondary N) is 2. The maximum Gasteiger partial charge on any atom is 0.519 e. The van der Waals surface area contributed by atoms with Crippen LogP contribution in [0.15, 0.2) is 49.8 Å². The maximum absolute atomic E-state index is 11.6. The lowest BCUT2D eigenvalue weighted by atomic mass is 10.1. The van der Waals surface area contributed by atoms with Crippen molar-refractivity contribution in [3.63, 3.8) is 0 Å². The van der Waals surface area contributed by atoms with E-state index in [-0.39, 0.29) is 23.4 Å². The second-order valence-corrected chi connectivity index (χ2v) is 15.5. The van der Waals surface area contributed by atoms with E-state index in [1.807, 2.05) is 31.1 Å². The third kappa shape index (κ3) is 18.4. The zero-order valence-corrected chi connectivity index (χ0v) is 33.8. The van der Waals surface area contributed by atoms with Crippen LogP contribution in [0.5, 0.6) is 0 Å². The summed E-state index contributed by atoms with van der Waals surface area (Å²) in [4.78, 5) is 73.1. The molecule has 53 heavy (non-hydrogen) atoms. The third-order valence-electron chi connectivity index (χ3n) is 7.21. The number of ether oxygens (including phenoxy) is 5. The molecule has 1 aromatic rings. The highest BCUT2D eigenvalue weighted by atomic mass is 16.8. The Hall–Kier alpha value is -4.95. The maximum atomic E-state index is 11.6. The molecule has 0 unspecified atom stereocenters. The van der Waals surface area contributed by atoms with E-state index in [0.717, 1.165) is 0 Å². The number of Topliss-reactive ketones (excluding diaryl/α,β-unsaturated/α-hetero) is 2. The van der Waals surface area contributed by atoms with Crippen molar-refractivity contribution < 1.29 is 52.5 Å². The number of hydrogen-bond acceptors (Lipinski definition) is 13. The van der Waals surface area contributed by atoms with Crippen molar-refractivity contribution in [1.29, 1.82) is 0 Å². The first-order chi connectivity index (χ1) is 24.1. The number of pyridine rings is 1. The summed E-state index contributed by atoms with van der Waals surface area (Å²) in [6.45, 7) is 25.5. The van der Waals surface area contributed by atoms with Crippen LogP contribution in [0.3, 0.4) is 0 Å². The van der Waals surface area contributed by atoms with Gasteiger partial charge in [0, 0.05) is 44.0 Å². The second kappa shape index (κ2) is 19.8.